The maximum Gasteiger partial charge on any atom is 0.160 e. The Balaban J connectivity index is 2.63. The van der Waals surface area contributed by atoms with E-state index >= 15 is 0 Å². The zero-order valence-electron chi connectivity index (χ0n) is 7.37. The molecule has 0 aromatic heterocycles. The molecule has 1 unspecified atom stereocenters. The molecule has 0 aliphatic heterocycles. The van der Waals surface area contributed by atoms with Crippen molar-refractivity contribution < 1.29 is 9.53 Å². The number of rotatable bonds is 4. The van der Waals surface area contributed by atoms with Crippen molar-refractivity contribution in [2.75, 3.05) is 0 Å². The van der Waals surface area contributed by atoms with Gasteiger partial charge >= 0.3 is 0 Å². The van der Waals surface area contributed by atoms with Crippen LogP contribution in [0.5, 0.6) is 5.75 Å². The normalized spacial score (nSPS) is 12.2. The molecule has 0 radical (unpaired) electrons. The lowest BCUT2D eigenvalue weighted by Gasteiger charge is -2.10. The monoisotopic (exact) mass is 242 g/mol. The van der Waals surface area contributed by atoms with Crippen molar-refractivity contribution >= 4 is 22.2 Å². The molecule has 1 aromatic rings. The van der Waals surface area contributed by atoms with E-state index in [1.54, 1.807) is 0 Å². The van der Waals surface area contributed by atoms with Crippen molar-refractivity contribution in [1.82, 2.24) is 0 Å². The lowest BCUT2D eigenvalue weighted by atomic mass is 10.3. The van der Waals surface area contributed by atoms with Crippen LogP contribution >= 0.6 is 15.9 Å². The number of carbonyl (C=O) groups excluding carboxylic acids is 1. The molecule has 0 N–H and O–H groups in total. The topological polar surface area (TPSA) is 26.3 Å². The predicted octanol–water partition coefficient (Wildman–Crippen LogP) is 2.81. The summed E-state index contributed by atoms with van der Waals surface area (Å²) < 4.78 is 6.38. The minimum Gasteiger partial charge on any atom is -0.483 e. The van der Waals surface area contributed by atoms with Crippen LogP contribution in [0.1, 0.15) is 13.3 Å². The Kier molecular flexibility index (Phi) is 3.96. The molecule has 13 heavy (non-hydrogen) atoms. The van der Waals surface area contributed by atoms with Gasteiger partial charge in [-0.15, -0.1) is 0 Å². The molecule has 3 heteroatoms. The molecule has 0 saturated carbocycles. The zero-order valence-corrected chi connectivity index (χ0v) is 8.95. The van der Waals surface area contributed by atoms with Crippen LogP contribution in [0.15, 0.2) is 28.7 Å². The average molecular weight is 243 g/mol. The van der Waals surface area contributed by atoms with Crippen LogP contribution in [-0.4, -0.2) is 12.4 Å². The second-order valence-corrected chi connectivity index (χ2v) is 3.57. The van der Waals surface area contributed by atoms with Gasteiger partial charge in [0, 0.05) is 4.47 Å². The number of carbonyl (C=O) groups is 1. The van der Waals surface area contributed by atoms with E-state index in [0.717, 1.165) is 16.5 Å². The van der Waals surface area contributed by atoms with Gasteiger partial charge in [-0.1, -0.05) is 22.9 Å². The predicted molar refractivity (Wildman–Crippen MR) is 54.9 cm³/mol. The van der Waals surface area contributed by atoms with E-state index < -0.39 is 0 Å². The SMILES string of the molecule is CCC(C=O)Oc1ccc(Br)cc1. The molecule has 0 aliphatic carbocycles. The number of halogens is 1. The Bertz CT molecular complexity index is 269. The van der Waals surface area contributed by atoms with Crippen LogP contribution in [0.4, 0.5) is 0 Å². The number of hydrogen-bond donors (Lipinski definition) is 0. The van der Waals surface area contributed by atoms with E-state index in [0.29, 0.717) is 6.42 Å². The maximum absolute atomic E-state index is 10.5. The van der Waals surface area contributed by atoms with Gasteiger partial charge < -0.3 is 4.74 Å². The summed E-state index contributed by atoms with van der Waals surface area (Å²) in [6, 6.07) is 7.42. The van der Waals surface area contributed by atoms with Crippen LogP contribution < -0.4 is 4.74 Å². The molecule has 1 aromatic carbocycles. The minimum absolute atomic E-state index is 0.332. The fourth-order valence-corrected chi connectivity index (χ4v) is 1.16. The summed E-state index contributed by atoms with van der Waals surface area (Å²) in [4.78, 5) is 10.5. The Morgan fingerprint density at radius 2 is 2.08 bits per heavy atom. The molecule has 1 atom stereocenters. The summed E-state index contributed by atoms with van der Waals surface area (Å²) >= 11 is 3.32. The number of ether oxygens (including phenoxy) is 1. The molecule has 2 nitrogen and oxygen atoms in total. The molecule has 0 bridgehead atoms. The van der Waals surface area contributed by atoms with Crippen LogP contribution in [0.2, 0.25) is 0 Å². The third kappa shape index (κ3) is 3.19. The smallest absolute Gasteiger partial charge is 0.160 e. The van der Waals surface area contributed by atoms with Crippen molar-refractivity contribution in [3.05, 3.63) is 28.7 Å². The highest BCUT2D eigenvalue weighted by Gasteiger charge is 2.04. The highest BCUT2D eigenvalue weighted by molar-refractivity contribution is 9.10. The van der Waals surface area contributed by atoms with Gasteiger partial charge in [-0.3, -0.25) is 4.79 Å². The van der Waals surface area contributed by atoms with Gasteiger partial charge in [-0.05, 0) is 30.7 Å². The second kappa shape index (κ2) is 5.02. The second-order valence-electron chi connectivity index (χ2n) is 2.65. The summed E-state index contributed by atoms with van der Waals surface area (Å²) in [6.45, 7) is 1.91. The Hall–Kier alpha value is -0.830. The maximum atomic E-state index is 10.5. The summed E-state index contributed by atoms with van der Waals surface area (Å²) in [7, 11) is 0. The largest absolute Gasteiger partial charge is 0.483 e. The molecule has 0 spiro atoms. The minimum atomic E-state index is -0.332. The number of hydrogen-bond acceptors (Lipinski definition) is 2. The van der Waals surface area contributed by atoms with Crippen LogP contribution in [0.25, 0.3) is 0 Å². The summed E-state index contributed by atoms with van der Waals surface area (Å²) in [5.74, 6) is 0.724. The van der Waals surface area contributed by atoms with Crippen LogP contribution in [0.3, 0.4) is 0 Å². The van der Waals surface area contributed by atoms with Gasteiger partial charge in [0.05, 0.1) is 0 Å². The molecule has 0 fully saturated rings. The first-order chi connectivity index (χ1) is 6.26. The lowest BCUT2D eigenvalue weighted by molar-refractivity contribution is -0.113. The van der Waals surface area contributed by atoms with E-state index in [9.17, 15) is 4.79 Å². The van der Waals surface area contributed by atoms with Gasteiger partial charge in [-0.25, -0.2) is 0 Å². The third-order valence-corrected chi connectivity index (χ3v) is 2.18. The molecule has 0 aliphatic rings. The van der Waals surface area contributed by atoms with Crippen molar-refractivity contribution in [1.29, 1.82) is 0 Å². The Morgan fingerprint density at radius 3 is 2.54 bits per heavy atom. The summed E-state index contributed by atoms with van der Waals surface area (Å²) in [5.41, 5.74) is 0. The average Bonchev–Trinajstić information content (AvgIpc) is 2.17. The van der Waals surface area contributed by atoms with Gasteiger partial charge in [0.1, 0.15) is 5.75 Å². The quantitative estimate of drug-likeness (QED) is 0.760. The Labute approximate surface area is 86.0 Å². The van der Waals surface area contributed by atoms with Gasteiger partial charge in [-0.2, -0.15) is 0 Å². The molecule has 1 rings (SSSR count). The summed E-state index contributed by atoms with van der Waals surface area (Å²) in [5, 5.41) is 0. The molecular formula is C10H11BrO2. The number of aldehydes is 1. The van der Waals surface area contributed by atoms with Crippen molar-refractivity contribution in [3.8, 4) is 5.75 Å². The van der Waals surface area contributed by atoms with Gasteiger partial charge in [0.15, 0.2) is 12.4 Å². The lowest BCUT2D eigenvalue weighted by Crippen LogP contribution is -2.16. The summed E-state index contributed by atoms with van der Waals surface area (Å²) in [6.07, 6.45) is 1.18. The molecule has 70 valence electrons. The van der Waals surface area contributed by atoms with Crippen molar-refractivity contribution in [2.45, 2.75) is 19.4 Å². The van der Waals surface area contributed by atoms with Crippen molar-refractivity contribution in [3.63, 3.8) is 0 Å². The standard InChI is InChI=1S/C10H11BrO2/c1-2-9(7-12)13-10-5-3-8(11)4-6-10/h3-7,9H,2H2,1H3. The van der Waals surface area contributed by atoms with E-state index in [1.165, 1.54) is 0 Å². The highest BCUT2D eigenvalue weighted by atomic mass is 79.9. The van der Waals surface area contributed by atoms with E-state index in [-0.39, 0.29) is 6.10 Å². The molecule has 0 amide bonds. The first-order valence-electron chi connectivity index (χ1n) is 4.13. The van der Waals surface area contributed by atoms with E-state index in [4.69, 9.17) is 4.74 Å². The Morgan fingerprint density at radius 1 is 1.46 bits per heavy atom. The molecule has 0 saturated heterocycles. The third-order valence-electron chi connectivity index (χ3n) is 1.66. The highest BCUT2D eigenvalue weighted by Crippen LogP contribution is 2.17. The van der Waals surface area contributed by atoms with Gasteiger partial charge in [0.25, 0.3) is 0 Å². The van der Waals surface area contributed by atoms with Gasteiger partial charge in [0.2, 0.25) is 0 Å². The fraction of sp³-hybridized carbons (Fsp3) is 0.300. The van der Waals surface area contributed by atoms with Crippen LogP contribution in [0, 0.1) is 0 Å². The molecule has 0 heterocycles. The van der Waals surface area contributed by atoms with Crippen molar-refractivity contribution in [2.24, 2.45) is 0 Å². The zero-order chi connectivity index (χ0) is 9.68. The molecular weight excluding hydrogens is 232 g/mol. The first kappa shape index (κ1) is 10.3. The first-order valence-corrected chi connectivity index (χ1v) is 4.93. The number of benzene rings is 1. The fourth-order valence-electron chi connectivity index (χ4n) is 0.895. The van der Waals surface area contributed by atoms with E-state index in [1.807, 2.05) is 31.2 Å². The van der Waals surface area contributed by atoms with Crippen LogP contribution in [-0.2, 0) is 4.79 Å². The van der Waals surface area contributed by atoms with E-state index in [2.05, 4.69) is 15.9 Å².